The largest absolute Gasteiger partial charge is 0.298 e. The molecule has 0 radical (unpaired) electrons. The molecule has 1 amide bonds. The van der Waals surface area contributed by atoms with Gasteiger partial charge >= 0.3 is 0 Å². The van der Waals surface area contributed by atoms with Crippen molar-refractivity contribution in [3.8, 4) is 17.3 Å². The molecule has 0 fully saturated rings. The van der Waals surface area contributed by atoms with Gasteiger partial charge in [-0.3, -0.25) is 10.1 Å². The minimum absolute atomic E-state index is 0.175. The molecule has 0 saturated heterocycles. The van der Waals surface area contributed by atoms with Gasteiger partial charge in [-0.25, -0.2) is 4.98 Å². The van der Waals surface area contributed by atoms with Crippen molar-refractivity contribution in [1.29, 1.82) is 5.26 Å². The second-order valence-corrected chi connectivity index (χ2v) is 5.91. The number of nitrogens with one attached hydrogen (secondary N) is 1. The first-order chi connectivity index (χ1) is 11.2. The van der Waals surface area contributed by atoms with Crippen molar-refractivity contribution in [2.75, 3.05) is 5.32 Å². The maximum absolute atomic E-state index is 12.2. The standard InChI is InChI=1S/C18H13N3OS/c1-12-2-6-15(7-3-12)17(22)21-18-20-16(11-23-18)14-8-4-13(10-19)5-9-14/h2-9,11H,1H3,(H,20,21,22). The van der Waals surface area contributed by atoms with Gasteiger partial charge in [-0.1, -0.05) is 29.8 Å². The number of carbonyl (C=O) groups excluding carboxylic acids is 1. The lowest BCUT2D eigenvalue weighted by Crippen LogP contribution is -2.11. The van der Waals surface area contributed by atoms with Crippen LogP contribution in [-0.2, 0) is 0 Å². The van der Waals surface area contributed by atoms with E-state index in [0.29, 0.717) is 16.3 Å². The summed E-state index contributed by atoms with van der Waals surface area (Å²) in [6.07, 6.45) is 0. The second-order valence-electron chi connectivity index (χ2n) is 5.05. The van der Waals surface area contributed by atoms with E-state index in [0.717, 1.165) is 16.8 Å². The topological polar surface area (TPSA) is 65.8 Å². The van der Waals surface area contributed by atoms with Crippen LogP contribution >= 0.6 is 11.3 Å². The molecule has 3 aromatic rings. The van der Waals surface area contributed by atoms with Crippen LogP contribution in [0.3, 0.4) is 0 Å². The third-order valence-corrected chi connectivity index (χ3v) is 4.11. The van der Waals surface area contributed by atoms with Crippen molar-refractivity contribution in [2.45, 2.75) is 6.92 Å². The van der Waals surface area contributed by atoms with Crippen LogP contribution in [0.4, 0.5) is 5.13 Å². The Bertz CT molecular complexity index is 874. The van der Waals surface area contributed by atoms with E-state index in [2.05, 4.69) is 16.4 Å². The molecule has 1 aromatic heterocycles. The van der Waals surface area contributed by atoms with Gasteiger partial charge in [0.15, 0.2) is 5.13 Å². The molecule has 0 unspecified atom stereocenters. The van der Waals surface area contributed by atoms with Crippen LogP contribution in [0.5, 0.6) is 0 Å². The van der Waals surface area contributed by atoms with E-state index >= 15 is 0 Å². The zero-order chi connectivity index (χ0) is 16.2. The van der Waals surface area contributed by atoms with Gasteiger partial charge in [-0.2, -0.15) is 5.26 Å². The molecule has 3 rings (SSSR count). The Kier molecular flexibility index (Phi) is 4.18. The van der Waals surface area contributed by atoms with Crippen LogP contribution in [0.1, 0.15) is 21.5 Å². The van der Waals surface area contributed by atoms with Crippen LogP contribution in [-0.4, -0.2) is 10.9 Å². The normalized spacial score (nSPS) is 10.1. The number of benzene rings is 2. The molecule has 23 heavy (non-hydrogen) atoms. The molecule has 1 heterocycles. The molecule has 2 aromatic carbocycles. The summed E-state index contributed by atoms with van der Waals surface area (Å²) in [5.74, 6) is -0.175. The van der Waals surface area contributed by atoms with Gasteiger partial charge in [0.25, 0.3) is 5.91 Å². The van der Waals surface area contributed by atoms with Crippen molar-refractivity contribution >= 4 is 22.4 Å². The van der Waals surface area contributed by atoms with Crippen LogP contribution < -0.4 is 5.32 Å². The fourth-order valence-electron chi connectivity index (χ4n) is 2.05. The fraction of sp³-hybridized carbons (Fsp3) is 0.0556. The predicted octanol–water partition coefficient (Wildman–Crippen LogP) is 4.24. The summed E-state index contributed by atoms with van der Waals surface area (Å²) >= 11 is 1.37. The maximum Gasteiger partial charge on any atom is 0.257 e. The number of rotatable bonds is 3. The maximum atomic E-state index is 12.2. The highest BCUT2D eigenvalue weighted by Gasteiger charge is 2.10. The molecule has 0 spiro atoms. The molecule has 0 aliphatic rings. The van der Waals surface area contributed by atoms with Crippen LogP contribution in [0, 0.1) is 18.3 Å². The van der Waals surface area contributed by atoms with Gasteiger partial charge in [-0.15, -0.1) is 11.3 Å². The van der Waals surface area contributed by atoms with Gasteiger partial charge < -0.3 is 0 Å². The first-order valence-electron chi connectivity index (χ1n) is 7.00. The predicted molar refractivity (Wildman–Crippen MR) is 91.4 cm³/mol. The van der Waals surface area contributed by atoms with Gasteiger partial charge in [-0.05, 0) is 31.2 Å². The summed E-state index contributed by atoms with van der Waals surface area (Å²) in [4.78, 5) is 16.6. The van der Waals surface area contributed by atoms with Crippen molar-refractivity contribution < 1.29 is 4.79 Å². The van der Waals surface area contributed by atoms with Crippen molar-refractivity contribution in [1.82, 2.24) is 4.98 Å². The van der Waals surface area contributed by atoms with Gasteiger partial charge in [0.1, 0.15) is 0 Å². The van der Waals surface area contributed by atoms with E-state index in [4.69, 9.17) is 5.26 Å². The third kappa shape index (κ3) is 3.44. The fourth-order valence-corrected chi connectivity index (χ4v) is 2.77. The number of hydrogen-bond donors (Lipinski definition) is 1. The first-order valence-corrected chi connectivity index (χ1v) is 7.88. The number of nitriles is 1. The first kappa shape index (κ1) is 14.9. The van der Waals surface area contributed by atoms with Crippen LogP contribution in [0.25, 0.3) is 11.3 Å². The van der Waals surface area contributed by atoms with E-state index in [1.165, 1.54) is 11.3 Å². The van der Waals surface area contributed by atoms with Crippen molar-refractivity contribution in [3.05, 3.63) is 70.6 Å². The van der Waals surface area contributed by atoms with E-state index < -0.39 is 0 Å². The monoisotopic (exact) mass is 319 g/mol. The summed E-state index contributed by atoms with van der Waals surface area (Å²) in [6, 6.07) is 16.7. The minimum Gasteiger partial charge on any atom is -0.298 e. The number of carbonyl (C=O) groups is 1. The molecule has 1 N–H and O–H groups in total. The number of hydrogen-bond acceptors (Lipinski definition) is 4. The van der Waals surface area contributed by atoms with Gasteiger partial charge in [0, 0.05) is 16.5 Å². The van der Waals surface area contributed by atoms with E-state index in [1.54, 1.807) is 24.3 Å². The lowest BCUT2D eigenvalue weighted by atomic mass is 10.1. The summed E-state index contributed by atoms with van der Waals surface area (Å²) in [7, 11) is 0. The van der Waals surface area contributed by atoms with Gasteiger partial charge in [0.2, 0.25) is 0 Å². The van der Waals surface area contributed by atoms with E-state index in [1.807, 2.05) is 36.6 Å². The molecule has 4 nitrogen and oxygen atoms in total. The van der Waals surface area contributed by atoms with Crippen LogP contribution in [0.15, 0.2) is 53.9 Å². The number of amides is 1. The number of aromatic nitrogens is 1. The zero-order valence-electron chi connectivity index (χ0n) is 12.4. The Hall–Kier alpha value is -2.97. The number of aryl methyl sites for hydroxylation is 1. The molecule has 0 saturated carbocycles. The lowest BCUT2D eigenvalue weighted by molar-refractivity contribution is 0.102. The molecule has 0 aliphatic heterocycles. The lowest BCUT2D eigenvalue weighted by Gasteiger charge is -2.02. The highest BCUT2D eigenvalue weighted by molar-refractivity contribution is 7.14. The number of nitrogens with zero attached hydrogens (tertiary/aromatic N) is 2. The van der Waals surface area contributed by atoms with Crippen molar-refractivity contribution in [2.24, 2.45) is 0 Å². The molecule has 0 atom stereocenters. The molecule has 5 heteroatoms. The molecular weight excluding hydrogens is 306 g/mol. The highest BCUT2D eigenvalue weighted by Crippen LogP contribution is 2.25. The summed E-state index contributed by atoms with van der Waals surface area (Å²) in [6.45, 7) is 1.98. The highest BCUT2D eigenvalue weighted by atomic mass is 32.1. The SMILES string of the molecule is Cc1ccc(C(=O)Nc2nc(-c3ccc(C#N)cc3)cs2)cc1. The third-order valence-electron chi connectivity index (χ3n) is 3.35. The molecule has 0 bridgehead atoms. The van der Waals surface area contributed by atoms with Gasteiger partial charge in [0.05, 0.1) is 17.3 Å². The Balaban J connectivity index is 1.75. The summed E-state index contributed by atoms with van der Waals surface area (Å²) < 4.78 is 0. The number of anilines is 1. The average Bonchev–Trinajstić information content (AvgIpc) is 3.04. The summed E-state index contributed by atoms with van der Waals surface area (Å²) in [5, 5.41) is 14.1. The zero-order valence-corrected chi connectivity index (χ0v) is 13.2. The van der Waals surface area contributed by atoms with Crippen LogP contribution in [0.2, 0.25) is 0 Å². The average molecular weight is 319 g/mol. The second kappa shape index (κ2) is 6.42. The number of thiazole rings is 1. The Morgan fingerprint density at radius 3 is 2.48 bits per heavy atom. The molecule has 112 valence electrons. The Morgan fingerprint density at radius 1 is 1.13 bits per heavy atom. The Morgan fingerprint density at radius 2 is 1.83 bits per heavy atom. The quantitative estimate of drug-likeness (QED) is 0.785. The minimum atomic E-state index is -0.175. The molecule has 0 aliphatic carbocycles. The van der Waals surface area contributed by atoms with E-state index in [-0.39, 0.29) is 5.91 Å². The molecular formula is C18H13N3OS. The van der Waals surface area contributed by atoms with E-state index in [9.17, 15) is 4.79 Å². The summed E-state index contributed by atoms with van der Waals surface area (Å²) in [5.41, 5.74) is 4.01. The Labute approximate surface area is 138 Å². The smallest absolute Gasteiger partial charge is 0.257 e. The van der Waals surface area contributed by atoms with Crippen molar-refractivity contribution in [3.63, 3.8) is 0 Å².